The van der Waals surface area contributed by atoms with Gasteiger partial charge in [0.15, 0.2) is 5.11 Å². The zero-order valence-electron chi connectivity index (χ0n) is 14.6. The number of rotatable bonds is 7. The van der Waals surface area contributed by atoms with Crippen LogP contribution in [0.15, 0.2) is 60.0 Å². The Hall–Kier alpha value is -2.44. The molecule has 1 aromatic heterocycles. The molecular formula is C20H21N3OS2. The predicted octanol–water partition coefficient (Wildman–Crippen LogP) is 5.03. The van der Waals surface area contributed by atoms with E-state index in [1.54, 1.807) is 11.3 Å². The lowest BCUT2D eigenvalue weighted by Crippen LogP contribution is -2.30. The second-order valence-electron chi connectivity index (χ2n) is 5.63. The zero-order valence-corrected chi connectivity index (χ0v) is 16.2. The van der Waals surface area contributed by atoms with Crippen LogP contribution in [0.2, 0.25) is 0 Å². The molecule has 0 saturated carbocycles. The fraction of sp³-hybridized carbons (Fsp3) is 0.200. The molecule has 0 amide bonds. The minimum absolute atomic E-state index is 0.583. The van der Waals surface area contributed by atoms with Crippen molar-refractivity contribution >= 4 is 34.5 Å². The average Bonchev–Trinajstić information content (AvgIpc) is 3.11. The minimum Gasteiger partial charge on any atom is -0.457 e. The lowest BCUT2D eigenvalue weighted by atomic mass is 10.1. The van der Waals surface area contributed by atoms with E-state index in [1.807, 2.05) is 53.9 Å². The highest BCUT2D eigenvalue weighted by Crippen LogP contribution is 2.25. The number of hydrogen-bond acceptors (Lipinski definition) is 4. The molecule has 26 heavy (non-hydrogen) atoms. The van der Waals surface area contributed by atoms with Crippen LogP contribution < -0.4 is 15.4 Å². The van der Waals surface area contributed by atoms with E-state index in [4.69, 9.17) is 17.0 Å². The second-order valence-corrected chi connectivity index (χ2v) is 6.98. The first-order valence-corrected chi connectivity index (χ1v) is 9.83. The Morgan fingerprint density at radius 1 is 1.12 bits per heavy atom. The SMILES string of the molecule is CCc1nc(NC(=S)NCCc2ccccc2Oc2ccccc2)cs1. The second kappa shape index (κ2) is 9.31. The Morgan fingerprint density at radius 2 is 1.88 bits per heavy atom. The van der Waals surface area contributed by atoms with Crippen LogP contribution in [0.3, 0.4) is 0 Å². The molecule has 0 aliphatic carbocycles. The third kappa shape index (κ3) is 5.28. The van der Waals surface area contributed by atoms with Gasteiger partial charge in [-0.05, 0) is 48.8 Å². The summed E-state index contributed by atoms with van der Waals surface area (Å²) in [5, 5.41) is 10.0. The standard InChI is InChI=1S/C20H21N3OS2/c1-2-19-22-18(14-26-19)23-20(25)21-13-12-15-8-6-7-11-17(15)24-16-9-4-3-5-10-16/h3-11,14H,2,12-13H2,1H3,(H2,21,23,25). The van der Waals surface area contributed by atoms with E-state index in [0.29, 0.717) is 11.7 Å². The topological polar surface area (TPSA) is 46.2 Å². The maximum absolute atomic E-state index is 5.99. The van der Waals surface area contributed by atoms with Crippen LogP contribution in [-0.2, 0) is 12.8 Å². The van der Waals surface area contributed by atoms with Crippen LogP contribution in [0, 0.1) is 0 Å². The van der Waals surface area contributed by atoms with E-state index in [1.165, 1.54) is 0 Å². The number of hydrogen-bond donors (Lipinski definition) is 2. The monoisotopic (exact) mass is 383 g/mol. The largest absolute Gasteiger partial charge is 0.457 e. The molecule has 134 valence electrons. The maximum Gasteiger partial charge on any atom is 0.171 e. The summed E-state index contributed by atoms with van der Waals surface area (Å²) in [6, 6.07) is 17.9. The Kier molecular flexibility index (Phi) is 6.57. The van der Waals surface area contributed by atoms with Gasteiger partial charge in [-0.2, -0.15) is 0 Å². The molecule has 4 nitrogen and oxygen atoms in total. The molecule has 0 bridgehead atoms. The van der Waals surface area contributed by atoms with Gasteiger partial charge in [-0.1, -0.05) is 43.3 Å². The van der Waals surface area contributed by atoms with Crippen molar-refractivity contribution in [3.05, 3.63) is 70.5 Å². The molecule has 0 aliphatic rings. The number of thiazole rings is 1. The first-order chi connectivity index (χ1) is 12.7. The first kappa shape index (κ1) is 18.4. The molecule has 0 fully saturated rings. The number of benzene rings is 2. The van der Waals surface area contributed by atoms with Gasteiger partial charge in [0.25, 0.3) is 0 Å². The van der Waals surface area contributed by atoms with Gasteiger partial charge in [-0.15, -0.1) is 11.3 Å². The van der Waals surface area contributed by atoms with Crippen LogP contribution in [0.25, 0.3) is 0 Å². The lowest BCUT2D eigenvalue weighted by Gasteiger charge is -2.12. The molecule has 0 saturated heterocycles. The number of nitrogens with zero attached hydrogens (tertiary/aromatic N) is 1. The predicted molar refractivity (Wildman–Crippen MR) is 112 cm³/mol. The molecule has 0 radical (unpaired) electrons. The average molecular weight is 384 g/mol. The van der Waals surface area contributed by atoms with E-state index in [0.717, 1.165) is 40.7 Å². The smallest absolute Gasteiger partial charge is 0.171 e. The van der Waals surface area contributed by atoms with Gasteiger partial charge in [0, 0.05) is 11.9 Å². The van der Waals surface area contributed by atoms with Crippen LogP contribution in [0.4, 0.5) is 5.82 Å². The van der Waals surface area contributed by atoms with E-state index in [-0.39, 0.29) is 0 Å². The van der Waals surface area contributed by atoms with Crippen LogP contribution in [0.5, 0.6) is 11.5 Å². The summed E-state index contributed by atoms with van der Waals surface area (Å²) in [6.45, 7) is 2.81. The van der Waals surface area contributed by atoms with Crippen molar-refractivity contribution < 1.29 is 4.74 Å². The van der Waals surface area contributed by atoms with Crippen molar-refractivity contribution in [1.29, 1.82) is 0 Å². The van der Waals surface area contributed by atoms with Gasteiger partial charge in [0.05, 0.1) is 5.01 Å². The summed E-state index contributed by atoms with van der Waals surface area (Å²) in [7, 11) is 0. The summed E-state index contributed by atoms with van der Waals surface area (Å²) < 4.78 is 5.99. The van der Waals surface area contributed by atoms with E-state index >= 15 is 0 Å². The van der Waals surface area contributed by atoms with Gasteiger partial charge >= 0.3 is 0 Å². The number of para-hydroxylation sites is 2. The Bertz CT molecular complexity index is 849. The summed E-state index contributed by atoms with van der Waals surface area (Å²) in [5.74, 6) is 2.50. The third-order valence-electron chi connectivity index (χ3n) is 3.72. The molecule has 0 atom stereocenters. The molecule has 3 aromatic rings. The Balaban J connectivity index is 1.52. The van der Waals surface area contributed by atoms with Crippen molar-refractivity contribution in [2.24, 2.45) is 0 Å². The highest BCUT2D eigenvalue weighted by molar-refractivity contribution is 7.80. The van der Waals surface area contributed by atoms with Crippen molar-refractivity contribution in [3.8, 4) is 11.5 Å². The molecular weight excluding hydrogens is 362 g/mol. The highest BCUT2D eigenvalue weighted by atomic mass is 32.1. The zero-order chi connectivity index (χ0) is 18.2. The van der Waals surface area contributed by atoms with E-state index in [9.17, 15) is 0 Å². The Labute approximate surface area is 163 Å². The molecule has 3 rings (SSSR count). The van der Waals surface area contributed by atoms with Gasteiger partial charge in [-0.3, -0.25) is 0 Å². The van der Waals surface area contributed by atoms with Crippen molar-refractivity contribution in [2.45, 2.75) is 19.8 Å². The first-order valence-electron chi connectivity index (χ1n) is 8.54. The van der Waals surface area contributed by atoms with Crippen LogP contribution in [-0.4, -0.2) is 16.6 Å². The normalized spacial score (nSPS) is 10.3. The van der Waals surface area contributed by atoms with Gasteiger partial charge in [0.1, 0.15) is 17.3 Å². The number of aromatic nitrogens is 1. The molecule has 0 spiro atoms. The summed E-state index contributed by atoms with van der Waals surface area (Å²) in [5.41, 5.74) is 1.13. The van der Waals surface area contributed by atoms with Crippen LogP contribution in [0.1, 0.15) is 17.5 Å². The van der Waals surface area contributed by atoms with E-state index < -0.39 is 0 Å². The van der Waals surface area contributed by atoms with Gasteiger partial charge < -0.3 is 15.4 Å². The fourth-order valence-corrected chi connectivity index (χ4v) is 3.31. The number of thiocarbonyl (C=S) groups is 1. The molecule has 1 heterocycles. The summed E-state index contributed by atoms with van der Waals surface area (Å²) in [4.78, 5) is 4.46. The number of nitrogens with one attached hydrogen (secondary N) is 2. The van der Waals surface area contributed by atoms with E-state index in [2.05, 4.69) is 28.6 Å². The quantitative estimate of drug-likeness (QED) is 0.561. The fourth-order valence-electron chi connectivity index (χ4n) is 2.43. The maximum atomic E-state index is 5.99. The molecule has 0 unspecified atom stereocenters. The van der Waals surface area contributed by atoms with Crippen molar-refractivity contribution in [1.82, 2.24) is 10.3 Å². The molecule has 2 aromatic carbocycles. The molecule has 0 aliphatic heterocycles. The van der Waals surface area contributed by atoms with Crippen molar-refractivity contribution in [3.63, 3.8) is 0 Å². The van der Waals surface area contributed by atoms with Crippen LogP contribution >= 0.6 is 23.6 Å². The number of anilines is 1. The number of ether oxygens (including phenoxy) is 1. The van der Waals surface area contributed by atoms with Gasteiger partial charge in [-0.25, -0.2) is 4.98 Å². The van der Waals surface area contributed by atoms with Gasteiger partial charge in [0.2, 0.25) is 0 Å². The van der Waals surface area contributed by atoms with Crippen molar-refractivity contribution in [2.75, 3.05) is 11.9 Å². The third-order valence-corrected chi connectivity index (χ3v) is 4.96. The Morgan fingerprint density at radius 3 is 2.65 bits per heavy atom. The lowest BCUT2D eigenvalue weighted by molar-refractivity contribution is 0.476. The summed E-state index contributed by atoms with van der Waals surface area (Å²) >= 11 is 6.98. The highest BCUT2D eigenvalue weighted by Gasteiger charge is 2.06. The number of aryl methyl sites for hydroxylation is 1. The molecule has 6 heteroatoms. The minimum atomic E-state index is 0.583. The summed E-state index contributed by atoms with van der Waals surface area (Å²) in [6.07, 6.45) is 1.74. The molecule has 2 N–H and O–H groups in total.